The van der Waals surface area contributed by atoms with Crippen LogP contribution in [0.15, 0.2) is 76.2 Å². The van der Waals surface area contributed by atoms with Gasteiger partial charge in [0.15, 0.2) is 5.76 Å². The Kier molecular flexibility index (Phi) is 31.5. The van der Waals surface area contributed by atoms with Crippen LogP contribution in [0.25, 0.3) is 11.1 Å². The molecular weight excluding hydrogens is 754 g/mol. The number of unbranched alkanes of at least 4 members (excludes halogenated alkanes) is 2. The van der Waals surface area contributed by atoms with Gasteiger partial charge < -0.3 is 9.52 Å². The average Bonchev–Trinajstić information content (AvgIpc) is 3.50. The van der Waals surface area contributed by atoms with Crippen LogP contribution in [-0.4, -0.2) is 16.9 Å². The first-order chi connectivity index (χ1) is 26.3. The summed E-state index contributed by atoms with van der Waals surface area (Å²) in [5.41, 5.74) is 4.51. The molecule has 0 bridgehead atoms. The maximum Gasteiger partial charge on any atom is 0.335 e. The van der Waals surface area contributed by atoms with Crippen molar-refractivity contribution in [1.82, 2.24) is 0 Å². The van der Waals surface area contributed by atoms with Crippen molar-refractivity contribution in [2.24, 2.45) is 16.7 Å². The Balaban J connectivity index is -0.000000831. The van der Waals surface area contributed by atoms with Crippen molar-refractivity contribution < 1.29 is 23.5 Å². The van der Waals surface area contributed by atoms with Gasteiger partial charge in [-0.2, -0.15) is 0 Å². The standard InChI is InChI=1S/C24H28ClFO2.C11H15ClO2.C8H18.C4H10.C3H8/c1-8-14(2)22(27)21-12-16(4)23(28-21)18(24(5,6)7)11-15(3)17-9-10-19(25)20(26)13-17;1-4-5-8(2)10(11(13)14)7-6-9(3)12;1-5-6-7-8(2,3)4;1-3-4-2;1-3-2/h9-14H,3,8H2,1-2,4-7H3;6-7H,3-5H2,1-2H3,(H,13,14);5-7H2,1-4H3;3-4H2,1-2H3;3H2,1-2H3/b18-11+;7-6-,10-8+;;;. The second-order valence-electron chi connectivity index (χ2n) is 16.7. The van der Waals surface area contributed by atoms with Crippen LogP contribution in [0, 0.1) is 29.5 Å². The van der Waals surface area contributed by atoms with Crippen molar-refractivity contribution in [2.75, 3.05) is 0 Å². The fourth-order valence-electron chi connectivity index (χ4n) is 4.66. The van der Waals surface area contributed by atoms with E-state index in [1.807, 2.05) is 40.7 Å². The summed E-state index contributed by atoms with van der Waals surface area (Å²) in [6.07, 6.45) is 15.3. The summed E-state index contributed by atoms with van der Waals surface area (Å²) in [7, 11) is 0. The zero-order chi connectivity index (χ0) is 45.1. The van der Waals surface area contributed by atoms with E-state index >= 15 is 0 Å². The van der Waals surface area contributed by atoms with Gasteiger partial charge >= 0.3 is 5.97 Å². The summed E-state index contributed by atoms with van der Waals surface area (Å²) >= 11 is 11.3. The Bertz CT molecular complexity index is 1590. The van der Waals surface area contributed by atoms with Gasteiger partial charge in [-0.15, -0.1) is 0 Å². The molecule has 7 heteroatoms. The highest BCUT2D eigenvalue weighted by Crippen LogP contribution is 2.39. The van der Waals surface area contributed by atoms with E-state index in [0.29, 0.717) is 38.7 Å². The van der Waals surface area contributed by atoms with Crippen molar-refractivity contribution >= 4 is 46.1 Å². The number of rotatable bonds is 14. The Labute approximate surface area is 358 Å². The Morgan fingerprint density at radius 1 is 0.912 bits per heavy atom. The van der Waals surface area contributed by atoms with Crippen LogP contribution in [0.4, 0.5) is 4.39 Å². The van der Waals surface area contributed by atoms with E-state index in [-0.39, 0.29) is 22.1 Å². The third kappa shape index (κ3) is 26.5. The summed E-state index contributed by atoms with van der Waals surface area (Å²) < 4.78 is 19.9. The van der Waals surface area contributed by atoms with Crippen LogP contribution in [-0.2, 0) is 4.79 Å². The van der Waals surface area contributed by atoms with Gasteiger partial charge in [0.1, 0.15) is 11.6 Å². The van der Waals surface area contributed by atoms with E-state index < -0.39 is 11.8 Å². The van der Waals surface area contributed by atoms with Gasteiger partial charge in [-0.05, 0) is 97.1 Å². The first-order valence-electron chi connectivity index (χ1n) is 20.8. The number of furan rings is 1. The van der Waals surface area contributed by atoms with Crippen LogP contribution in [0.3, 0.4) is 0 Å². The SMILES string of the molecule is C=C(/C=C(\c1oc(C(=O)C(C)CC)cc1C)C(C)(C)C)c1ccc(Cl)c(F)c1.C=C(Cl)/C=C\C(C(=O)O)=C(\C)CCC.CCC.CCCC.CCCCC(C)(C)C. The highest BCUT2D eigenvalue weighted by molar-refractivity contribution is 6.31. The second kappa shape index (κ2) is 30.9. The molecular formula is C50H79Cl2FO4. The molecule has 324 valence electrons. The number of allylic oxidation sites excluding steroid dienone is 6. The molecule has 1 heterocycles. The van der Waals surface area contributed by atoms with Gasteiger partial charge in [-0.3, -0.25) is 4.79 Å². The normalized spacial score (nSPS) is 12.3. The molecule has 0 aliphatic rings. The summed E-state index contributed by atoms with van der Waals surface area (Å²) in [4.78, 5) is 23.4. The number of benzene rings is 1. The third-order valence-electron chi connectivity index (χ3n) is 8.41. The fourth-order valence-corrected chi connectivity index (χ4v) is 4.84. The predicted molar refractivity (Wildman–Crippen MR) is 250 cm³/mol. The fraction of sp³-hybridized carbons (Fsp3) is 0.560. The number of carbonyl (C=O) groups is 2. The van der Waals surface area contributed by atoms with Crippen molar-refractivity contribution in [3.63, 3.8) is 0 Å². The summed E-state index contributed by atoms with van der Waals surface area (Å²) in [6, 6.07) is 6.42. The van der Waals surface area contributed by atoms with Gasteiger partial charge in [0, 0.05) is 16.5 Å². The molecule has 0 aliphatic heterocycles. The van der Waals surface area contributed by atoms with Crippen LogP contribution >= 0.6 is 23.2 Å². The predicted octanol–water partition coefficient (Wildman–Crippen LogP) is 17.7. The highest BCUT2D eigenvalue weighted by atomic mass is 35.5. The van der Waals surface area contributed by atoms with Crippen LogP contribution in [0.5, 0.6) is 0 Å². The molecule has 0 fully saturated rings. The monoisotopic (exact) mass is 833 g/mol. The molecule has 0 amide bonds. The van der Waals surface area contributed by atoms with E-state index in [1.54, 1.807) is 12.1 Å². The first-order valence-corrected chi connectivity index (χ1v) is 21.6. The largest absolute Gasteiger partial charge is 0.478 e. The third-order valence-corrected chi connectivity index (χ3v) is 8.84. The van der Waals surface area contributed by atoms with Gasteiger partial charge in [0.2, 0.25) is 5.78 Å². The number of carbonyl (C=O) groups excluding carboxylic acids is 1. The molecule has 0 saturated carbocycles. The Morgan fingerprint density at radius 2 is 1.46 bits per heavy atom. The molecule has 1 aromatic heterocycles. The van der Waals surface area contributed by atoms with E-state index in [9.17, 15) is 14.0 Å². The maximum atomic E-state index is 13.8. The first kappa shape index (κ1) is 58.2. The van der Waals surface area contributed by atoms with Gasteiger partial charge in [0.05, 0.1) is 10.6 Å². The van der Waals surface area contributed by atoms with E-state index in [2.05, 4.69) is 89.3 Å². The van der Waals surface area contributed by atoms with Crippen LogP contribution < -0.4 is 0 Å². The van der Waals surface area contributed by atoms with Crippen molar-refractivity contribution in [1.29, 1.82) is 0 Å². The van der Waals surface area contributed by atoms with Crippen LogP contribution in [0.1, 0.15) is 189 Å². The number of ketones is 1. The number of aryl methyl sites for hydroxylation is 1. The minimum absolute atomic E-state index is 0.00343. The molecule has 4 nitrogen and oxygen atoms in total. The number of halogens is 3. The van der Waals surface area contributed by atoms with Crippen molar-refractivity contribution in [3.8, 4) is 0 Å². The van der Waals surface area contributed by atoms with E-state index in [0.717, 1.165) is 36.0 Å². The highest BCUT2D eigenvalue weighted by Gasteiger charge is 2.27. The van der Waals surface area contributed by atoms with E-state index in [4.69, 9.17) is 32.7 Å². The zero-order valence-corrected chi connectivity index (χ0v) is 40.2. The van der Waals surface area contributed by atoms with Gasteiger partial charge in [-0.25, -0.2) is 9.18 Å². The number of carboxylic acid groups (broad SMARTS) is 1. The lowest BCUT2D eigenvalue weighted by Crippen LogP contribution is -2.10. The zero-order valence-electron chi connectivity index (χ0n) is 38.7. The van der Waals surface area contributed by atoms with Gasteiger partial charge in [0.25, 0.3) is 0 Å². The number of carboxylic acids is 1. The minimum Gasteiger partial charge on any atom is -0.478 e. The minimum atomic E-state index is -0.926. The Hall–Kier alpha value is -3.15. The lowest BCUT2D eigenvalue weighted by atomic mass is 9.82. The molecule has 1 unspecified atom stereocenters. The molecule has 2 rings (SSSR count). The van der Waals surface area contributed by atoms with E-state index in [1.165, 1.54) is 62.8 Å². The maximum absolute atomic E-state index is 13.8. The topological polar surface area (TPSA) is 67.5 Å². The molecule has 0 saturated heterocycles. The lowest BCUT2D eigenvalue weighted by Gasteiger charge is -2.23. The Morgan fingerprint density at radius 3 is 1.82 bits per heavy atom. The number of hydrogen-bond acceptors (Lipinski definition) is 3. The second-order valence-corrected chi connectivity index (χ2v) is 17.6. The molecule has 0 radical (unpaired) electrons. The molecule has 1 N–H and O–H groups in total. The number of hydrogen-bond donors (Lipinski definition) is 1. The smallest absolute Gasteiger partial charge is 0.335 e. The lowest BCUT2D eigenvalue weighted by molar-refractivity contribution is -0.132. The van der Waals surface area contributed by atoms with Crippen molar-refractivity contribution in [2.45, 2.75) is 169 Å². The molecule has 0 aliphatic carbocycles. The number of Topliss-reactive ketones (excluding diaryl/α,β-unsaturated/α-hetero) is 1. The summed E-state index contributed by atoms with van der Waals surface area (Å²) in [5, 5.41) is 9.30. The van der Waals surface area contributed by atoms with Gasteiger partial charge in [-0.1, -0.05) is 183 Å². The molecule has 1 aromatic carbocycles. The quantitative estimate of drug-likeness (QED) is 0.117. The van der Waals surface area contributed by atoms with Crippen LogP contribution in [0.2, 0.25) is 5.02 Å². The summed E-state index contributed by atoms with van der Waals surface area (Å²) in [5.74, 6) is -0.460. The molecule has 2 aromatic rings. The van der Waals surface area contributed by atoms with Crippen molar-refractivity contribution in [3.05, 3.63) is 105 Å². The molecule has 57 heavy (non-hydrogen) atoms. The average molecular weight is 834 g/mol. The summed E-state index contributed by atoms with van der Waals surface area (Å²) in [6.45, 7) is 41.1. The molecule has 0 spiro atoms. The number of aliphatic carboxylic acids is 1. The molecule has 1 atom stereocenters.